The summed E-state index contributed by atoms with van der Waals surface area (Å²) in [5.74, 6) is 1.06. The molecule has 136 valence electrons. The van der Waals surface area contributed by atoms with E-state index in [-0.39, 0.29) is 17.6 Å². The van der Waals surface area contributed by atoms with Crippen LogP contribution in [0, 0.1) is 5.92 Å². The van der Waals surface area contributed by atoms with Crippen molar-refractivity contribution in [3.63, 3.8) is 0 Å². The Labute approximate surface area is 157 Å². The Kier molecular flexibility index (Phi) is 4.64. The number of aromatic hydroxyl groups is 1. The molecule has 0 bridgehead atoms. The minimum absolute atomic E-state index is 0.132. The van der Waals surface area contributed by atoms with Crippen LogP contribution in [-0.4, -0.2) is 48.7 Å². The summed E-state index contributed by atoms with van der Waals surface area (Å²) in [6.07, 6.45) is 0.661. The van der Waals surface area contributed by atoms with Crippen LogP contribution in [-0.2, 0) is 11.2 Å². The highest BCUT2D eigenvalue weighted by Crippen LogP contribution is 2.31. The van der Waals surface area contributed by atoms with Crippen molar-refractivity contribution in [2.24, 2.45) is 5.92 Å². The number of phenolic OH excluding ortho intramolecular Hbond substituents is 1. The molecule has 0 saturated carbocycles. The number of para-hydroxylation sites is 2. The zero-order valence-electron chi connectivity index (χ0n) is 14.4. The average molecular weight is 373 g/mol. The molecule has 1 unspecified atom stereocenters. The maximum Gasteiger partial charge on any atom is 0.229 e. The van der Waals surface area contributed by atoms with E-state index in [0.29, 0.717) is 44.2 Å². The molecular formula is C20H21ClN2O3. The van der Waals surface area contributed by atoms with E-state index in [4.69, 9.17) is 16.3 Å². The lowest BCUT2D eigenvalue weighted by atomic mass is 9.95. The van der Waals surface area contributed by atoms with Crippen LogP contribution in [0.15, 0.2) is 42.5 Å². The average Bonchev–Trinajstić information content (AvgIpc) is 2.67. The monoisotopic (exact) mass is 372 g/mol. The number of halogens is 1. The smallest absolute Gasteiger partial charge is 0.229 e. The summed E-state index contributed by atoms with van der Waals surface area (Å²) in [4.78, 5) is 16.9. The van der Waals surface area contributed by atoms with Crippen molar-refractivity contribution in [3.8, 4) is 11.5 Å². The minimum Gasteiger partial charge on any atom is -0.506 e. The zero-order chi connectivity index (χ0) is 18.1. The molecule has 1 saturated heterocycles. The Morgan fingerprint density at radius 2 is 1.88 bits per heavy atom. The van der Waals surface area contributed by atoms with Crippen LogP contribution in [0.3, 0.4) is 0 Å². The molecule has 2 aliphatic rings. The van der Waals surface area contributed by atoms with Crippen molar-refractivity contribution in [1.29, 1.82) is 0 Å². The standard InChI is InChI=1S/C20H21ClN2O3/c21-16-5-6-19-14(12-16)11-15(13-26-19)20(25)23-9-7-22(8-10-23)17-3-1-2-4-18(17)24/h1-6,12,15,24H,7-11,13H2. The van der Waals surface area contributed by atoms with Gasteiger partial charge in [0.15, 0.2) is 0 Å². The fourth-order valence-electron chi connectivity index (χ4n) is 3.68. The van der Waals surface area contributed by atoms with Gasteiger partial charge in [0.2, 0.25) is 5.91 Å². The molecule has 1 amide bonds. The van der Waals surface area contributed by atoms with Crippen molar-refractivity contribution in [1.82, 2.24) is 4.90 Å². The summed E-state index contributed by atoms with van der Waals surface area (Å²) >= 11 is 6.06. The third kappa shape index (κ3) is 3.31. The fraction of sp³-hybridized carbons (Fsp3) is 0.350. The van der Waals surface area contributed by atoms with Gasteiger partial charge in [-0.25, -0.2) is 0 Å². The van der Waals surface area contributed by atoms with Crippen LogP contribution in [0.2, 0.25) is 5.02 Å². The molecule has 1 fully saturated rings. The summed E-state index contributed by atoms with van der Waals surface area (Å²) in [5, 5.41) is 10.7. The quantitative estimate of drug-likeness (QED) is 0.880. The van der Waals surface area contributed by atoms with E-state index in [1.807, 2.05) is 35.2 Å². The number of hydrogen-bond acceptors (Lipinski definition) is 4. The van der Waals surface area contributed by atoms with Crippen LogP contribution in [0.25, 0.3) is 0 Å². The van der Waals surface area contributed by atoms with Crippen molar-refractivity contribution in [3.05, 3.63) is 53.1 Å². The first-order chi connectivity index (χ1) is 12.6. The van der Waals surface area contributed by atoms with E-state index in [1.165, 1.54) is 0 Å². The normalized spacial score (nSPS) is 19.7. The molecule has 4 rings (SSSR count). The Hall–Kier alpha value is -2.40. The Bertz CT molecular complexity index is 818. The zero-order valence-corrected chi connectivity index (χ0v) is 15.2. The molecule has 6 heteroatoms. The summed E-state index contributed by atoms with van der Waals surface area (Å²) < 4.78 is 5.76. The Morgan fingerprint density at radius 3 is 2.65 bits per heavy atom. The molecule has 0 radical (unpaired) electrons. The Balaban J connectivity index is 1.39. The van der Waals surface area contributed by atoms with Gasteiger partial charge in [-0.05, 0) is 42.3 Å². The first kappa shape index (κ1) is 17.0. The number of ether oxygens (including phenoxy) is 1. The molecule has 0 aromatic heterocycles. The maximum absolute atomic E-state index is 12.9. The molecule has 2 heterocycles. The van der Waals surface area contributed by atoms with Gasteiger partial charge in [0.1, 0.15) is 18.1 Å². The van der Waals surface area contributed by atoms with E-state index in [0.717, 1.165) is 17.0 Å². The molecule has 26 heavy (non-hydrogen) atoms. The number of nitrogens with zero attached hydrogens (tertiary/aromatic N) is 2. The summed E-state index contributed by atoms with van der Waals surface area (Å²) in [6.45, 7) is 3.11. The number of piperazine rings is 1. The highest BCUT2D eigenvalue weighted by atomic mass is 35.5. The van der Waals surface area contributed by atoms with Crippen molar-refractivity contribution in [2.75, 3.05) is 37.7 Å². The fourth-order valence-corrected chi connectivity index (χ4v) is 3.87. The molecule has 1 atom stereocenters. The number of carbonyl (C=O) groups is 1. The van der Waals surface area contributed by atoms with Gasteiger partial charge in [-0.3, -0.25) is 4.79 Å². The van der Waals surface area contributed by atoms with Gasteiger partial charge in [-0.1, -0.05) is 23.7 Å². The van der Waals surface area contributed by atoms with E-state index >= 15 is 0 Å². The highest BCUT2D eigenvalue weighted by molar-refractivity contribution is 6.30. The van der Waals surface area contributed by atoms with Gasteiger partial charge < -0.3 is 19.6 Å². The SMILES string of the molecule is O=C(C1COc2ccc(Cl)cc2C1)N1CCN(c2ccccc2O)CC1. The van der Waals surface area contributed by atoms with E-state index in [1.54, 1.807) is 12.1 Å². The molecule has 2 aliphatic heterocycles. The number of phenols is 1. The van der Waals surface area contributed by atoms with Crippen molar-refractivity contribution >= 4 is 23.2 Å². The lowest BCUT2D eigenvalue weighted by molar-refractivity contribution is -0.137. The number of benzene rings is 2. The summed E-state index contributed by atoms with van der Waals surface area (Å²) in [7, 11) is 0. The van der Waals surface area contributed by atoms with Crippen molar-refractivity contribution in [2.45, 2.75) is 6.42 Å². The van der Waals surface area contributed by atoms with Crippen LogP contribution < -0.4 is 9.64 Å². The predicted octanol–water partition coefficient (Wildman–Crippen LogP) is 2.95. The van der Waals surface area contributed by atoms with Gasteiger partial charge in [0.25, 0.3) is 0 Å². The van der Waals surface area contributed by atoms with Crippen LogP contribution >= 0.6 is 11.6 Å². The van der Waals surface area contributed by atoms with E-state index in [9.17, 15) is 9.90 Å². The third-order valence-corrected chi connectivity index (χ3v) is 5.33. The lowest BCUT2D eigenvalue weighted by Crippen LogP contribution is -2.51. The van der Waals surface area contributed by atoms with Crippen LogP contribution in [0.1, 0.15) is 5.56 Å². The first-order valence-corrected chi connectivity index (χ1v) is 9.22. The molecule has 0 aliphatic carbocycles. The second kappa shape index (κ2) is 7.08. The molecule has 0 spiro atoms. The van der Waals surface area contributed by atoms with Gasteiger partial charge in [0, 0.05) is 31.2 Å². The minimum atomic E-state index is -0.169. The largest absolute Gasteiger partial charge is 0.506 e. The number of anilines is 1. The lowest BCUT2D eigenvalue weighted by Gasteiger charge is -2.38. The van der Waals surface area contributed by atoms with Gasteiger partial charge in [-0.15, -0.1) is 0 Å². The summed E-state index contributed by atoms with van der Waals surface area (Å²) in [6, 6.07) is 12.9. The number of amides is 1. The second-order valence-electron chi connectivity index (χ2n) is 6.77. The number of rotatable bonds is 2. The first-order valence-electron chi connectivity index (χ1n) is 8.85. The van der Waals surface area contributed by atoms with Gasteiger partial charge >= 0.3 is 0 Å². The number of carbonyl (C=O) groups excluding carboxylic acids is 1. The molecular weight excluding hydrogens is 352 g/mol. The van der Waals surface area contributed by atoms with Gasteiger partial charge in [-0.2, -0.15) is 0 Å². The molecule has 1 N–H and O–H groups in total. The highest BCUT2D eigenvalue weighted by Gasteiger charge is 2.31. The maximum atomic E-state index is 12.9. The molecule has 2 aromatic rings. The third-order valence-electron chi connectivity index (χ3n) is 5.09. The predicted molar refractivity (Wildman–Crippen MR) is 101 cm³/mol. The number of hydrogen-bond donors (Lipinski definition) is 1. The topological polar surface area (TPSA) is 53.0 Å². The van der Waals surface area contributed by atoms with Gasteiger partial charge in [0.05, 0.1) is 11.6 Å². The second-order valence-corrected chi connectivity index (χ2v) is 7.20. The van der Waals surface area contributed by atoms with Crippen molar-refractivity contribution < 1.29 is 14.6 Å². The van der Waals surface area contributed by atoms with Crippen LogP contribution in [0.5, 0.6) is 11.5 Å². The van der Waals surface area contributed by atoms with E-state index in [2.05, 4.69) is 4.90 Å². The van der Waals surface area contributed by atoms with E-state index < -0.39 is 0 Å². The molecule has 5 nitrogen and oxygen atoms in total. The summed E-state index contributed by atoms with van der Waals surface area (Å²) in [5.41, 5.74) is 1.82. The van der Waals surface area contributed by atoms with Crippen LogP contribution in [0.4, 0.5) is 5.69 Å². The number of fused-ring (bicyclic) bond motifs is 1. The Morgan fingerprint density at radius 1 is 1.12 bits per heavy atom. The molecule has 2 aromatic carbocycles.